The minimum absolute atomic E-state index is 0.0229. The van der Waals surface area contributed by atoms with Crippen LogP contribution in [0.4, 0.5) is 0 Å². The van der Waals surface area contributed by atoms with Gasteiger partial charge < -0.3 is 14.4 Å². The zero-order valence-electron chi connectivity index (χ0n) is 72.5. The summed E-state index contributed by atoms with van der Waals surface area (Å²) in [6.45, 7) is 72.1. The Bertz CT molecular complexity index is 4050. The van der Waals surface area contributed by atoms with Crippen LogP contribution in [-0.2, 0) is 52.7 Å². The van der Waals surface area contributed by atoms with Crippen molar-refractivity contribution in [3.05, 3.63) is 157 Å². The smallest absolute Gasteiger partial charge is 0.247 e. The van der Waals surface area contributed by atoms with Gasteiger partial charge in [-0.1, -0.05) is 143 Å². The maximum Gasteiger partial charge on any atom is 0.247 e. The van der Waals surface area contributed by atoms with Crippen molar-refractivity contribution in [3.8, 4) is 74.1 Å². The molecule has 7 aromatic rings. The maximum absolute atomic E-state index is 11.3. The van der Waals surface area contributed by atoms with E-state index in [1.165, 1.54) is 55.8 Å². The average molecular weight is 1570 g/mol. The summed E-state index contributed by atoms with van der Waals surface area (Å²) in [6.07, 6.45) is 52.3. The molecule has 0 radical (unpaired) electrons. The number of rotatable bonds is 1. The number of ketones is 1. The second kappa shape index (κ2) is 42.7. The number of thiazole rings is 2. The van der Waals surface area contributed by atoms with E-state index in [9.17, 15) is 14.4 Å². The summed E-state index contributed by atoms with van der Waals surface area (Å²) < 4.78 is 14.0. The Labute approximate surface area is 681 Å². The minimum Gasteiger partial charge on any atom is -0.339 e. The molecular weight excluding hydrogens is 1440 g/mol. The van der Waals surface area contributed by atoms with Gasteiger partial charge in [-0.3, -0.25) is 23.7 Å². The van der Waals surface area contributed by atoms with E-state index < -0.39 is 0 Å². The van der Waals surface area contributed by atoms with Gasteiger partial charge in [-0.2, -0.15) is 18.9 Å². The zero-order valence-corrected chi connectivity index (χ0v) is 75.7. The van der Waals surface area contributed by atoms with Crippen LogP contribution in [0.15, 0.2) is 96.9 Å². The number of amides is 2. The summed E-state index contributed by atoms with van der Waals surface area (Å²) in [6, 6.07) is 5.83. The molecule has 15 nitrogen and oxygen atoms in total. The molecule has 1 fully saturated rings. The summed E-state index contributed by atoms with van der Waals surface area (Å²) in [5.41, 5.74) is 6.89. The Hall–Kier alpha value is -8.66. The summed E-state index contributed by atoms with van der Waals surface area (Å²) in [4.78, 5) is 52.0. The highest BCUT2D eigenvalue weighted by Gasteiger charge is 2.33. The first-order valence-corrected chi connectivity index (χ1v) is 40.4. The number of hydrogen-bond acceptors (Lipinski definition) is 14. The summed E-state index contributed by atoms with van der Waals surface area (Å²) in [5, 5.41) is 14.1. The lowest BCUT2D eigenvalue weighted by Gasteiger charge is -2.31. The van der Waals surface area contributed by atoms with Crippen molar-refractivity contribution in [1.82, 2.24) is 57.6 Å². The first-order chi connectivity index (χ1) is 50.2. The molecule has 1 aliphatic carbocycles. The van der Waals surface area contributed by atoms with Crippen molar-refractivity contribution in [2.75, 3.05) is 19.6 Å². The third kappa shape index (κ3) is 36.0. The quantitative estimate of drug-likeness (QED) is 0.114. The van der Waals surface area contributed by atoms with Gasteiger partial charge in [-0.15, -0.1) is 61.2 Å². The van der Waals surface area contributed by atoms with E-state index in [-0.39, 0.29) is 66.8 Å². The summed E-state index contributed by atoms with van der Waals surface area (Å²) in [5.74, 6) is 17.5. The number of aromatic nitrogens is 10. The fourth-order valence-corrected chi connectivity index (χ4v) is 13.0. The van der Waals surface area contributed by atoms with Crippen LogP contribution in [0.25, 0.3) is 0 Å². The van der Waals surface area contributed by atoms with Gasteiger partial charge in [0.05, 0.1) is 22.5 Å². The Morgan fingerprint density at radius 1 is 0.582 bits per heavy atom. The van der Waals surface area contributed by atoms with Gasteiger partial charge in [0.2, 0.25) is 11.8 Å². The molecule has 596 valence electrons. The second-order valence-corrected chi connectivity index (χ2v) is 40.3. The Morgan fingerprint density at radius 3 is 1.45 bits per heavy atom. The molecule has 0 aromatic carbocycles. The third-order valence-corrected chi connectivity index (χ3v) is 20.9. The lowest BCUT2D eigenvalue weighted by molar-refractivity contribution is -0.128. The maximum atomic E-state index is 11.3. The number of carbonyl (C=O) groups excluding carboxylic acids is 3. The molecule has 7 aromatic heterocycles. The normalized spacial score (nSPS) is 14.8. The lowest BCUT2D eigenvalue weighted by atomic mass is 9.74. The number of imidazole rings is 1. The molecule has 2 atom stereocenters. The van der Waals surface area contributed by atoms with Crippen LogP contribution in [0.3, 0.4) is 0 Å². The summed E-state index contributed by atoms with van der Waals surface area (Å²) >= 11 is 6.04. The number of allylic oxidation sites excluding steroid dienone is 2. The second-order valence-electron chi connectivity index (χ2n) is 37.0. The molecule has 110 heavy (non-hydrogen) atoms. The van der Waals surface area contributed by atoms with Crippen molar-refractivity contribution < 1.29 is 14.4 Å². The average Bonchev–Trinajstić information content (AvgIpc) is 1.05. The number of terminal acetylenes is 6. The molecule has 2 aliphatic heterocycles. The Kier molecular flexibility index (Phi) is 38.5. The molecule has 0 N–H and O–H groups in total. The zero-order chi connectivity index (χ0) is 85.0. The first-order valence-electron chi connectivity index (χ1n) is 37.1. The van der Waals surface area contributed by atoms with Crippen molar-refractivity contribution in [1.29, 1.82) is 0 Å². The van der Waals surface area contributed by atoms with Crippen LogP contribution in [-0.4, -0.2) is 100 Å². The van der Waals surface area contributed by atoms with Crippen LogP contribution < -0.4 is 0 Å². The predicted molar refractivity (Wildman–Crippen MR) is 469 cm³/mol. The van der Waals surface area contributed by atoms with Crippen LogP contribution in [0.5, 0.6) is 0 Å². The van der Waals surface area contributed by atoms with E-state index in [2.05, 4.69) is 263 Å². The molecule has 0 saturated carbocycles. The highest BCUT2D eigenvalue weighted by Crippen LogP contribution is 2.36. The van der Waals surface area contributed by atoms with Crippen molar-refractivity contribution >= 4 is 63.3 Å². The van der Waals surface area contributed by atoms with Crippen LogP contribution in [0.2, 0.25) is 0 Å². The molecular formula is C91H130N12O3S4. The predicted octanol–water partition coefficient (Wildman–Crippen LogP) is 20.7. The van der Waals surface area contributed by atoms with E-state index in [0.29, 0.717) is 28.8 Å². The van der Waals surface area contributed by atoms with E-state index in [1.807, 2.05) is 117 Å². The van der Waals surface area contributed by atoms with E-state index in [4.69, 9.17) is 38.5 Å². The molecule has 2 amide bonds. The van der Waals surface area contributed by atoms with Gasteiger partial charge in [-0.25, -0.2) is 15.0 Å². The van der Waals surface area contributed by atoms with Gasteiger partial charge in [0, 0.05) is 106 Å². The fourth-order valence-electron chi connectivity index (χ4n) is 9.71. The van der Waals surface area contributed by atoms with Crippen molar-refractivity contribution in [3.63, 3.8) is 0 Å². The van der Waals surface area contributed by atoms with Gasteiger partial charge in [-0.05, 0) is 231 Å². The molecule has 1 saturated heterocycles. The lowest BCUT2D eigenvalue weighted by Crippen LogP contribution is -2.42. The van der Waals surface area contributed by atoms with Crippen LogP contribution in [0.1, 0.15) is 287 Å². The van der Waals surface area contributed by atoms with E-state index in [0.717, 1.165) is 71.7 Å². The number of aryl methyl sites for hydroxylation is 1. The standard InChI is InChI=1S/C11H19NO.C10H16O.2C9H12N2.4C9H11NS.C8H14N2.C8H13NO/c1-5-10(13)12-7-6-9(8-12)11(2,3)4;1-10(2,3)8-5-4-6-9(11)7-8;1-5-8-10-6-7-11(8)9(2,3)4;1-5-8-6-7-11(10-8)9(2,3)4;1-5-8-10-7(6-11-8)9(2,3)4;1-5-8-10-6-7(11-8)9(2,3)4;1-5-8-7(6-11-10-8)9(2,3)4;1-5-7-6-8(11-10-7)9(2,3)4;1-7-5-6-10(9-7)8(2,3)4;1-8(2,3)9-6-4-5-7(9)10/h5,9H,1,6-8H2,2-4H3;4,6,8H,5,7H2,1-3H3;2*1,6-7H,2-4H3;4*1,6H,2-4H3;5-6H,1-4H3;4-5H,6H2,1-3H3. The van der Waals surface area contributed by atoms with Gasteiger partial charge in [0.25, 0.3) is 0 Å². The number of nitrogens with zero attached hydrogens (tertiary/aromatic N) is 12. The Morgan fingerprint density at radius 2 is 1.15 bits per heavy atom. The minimum atomic E-state index is -0.0272. The number of hydrogen-bond donors (Lipinski definition) is 0. The van der Waals surface area contributed by atoms with E-state index in [1.54, 1.807) is 29.7 Å². The SMILES string of the molecule is C#Cc1cc(C(C)(C)C)sn1.C#Cc1ccn(C(C)(C)C)n1.C#Cc1nc(C(C)(C)C)cs1.C#Cc1ncc(C(C)(C)C)s1.C#Cc1nccn1C(C)(C)C.C#Cc1nscc1C(C)(C)C.C=CC(=O)N1CCC(C(C)(C)C)C1.CC(C)(C)C1CC=CC(=O)C1.CC(C)(C)N1CC=CC1=O.Cc1ccn(C(C)(C)C)n1. The van der Waals surface area contributed by atoms with Gasteiger partial charge in [0.1, 0.15) is 17.1 Å². The highest BCUT2D eigenvalue weighted by atomic mass is 32.1. The Balaban J connectivity index is 0.000000611. The van der Waals surface area contributed by atoms with Crippen molar-refractivity contribution in [2.45, 2.75) is 278 Å². The molecule has 0 spiro atoms. The van der Waals surface area contributed by atoms with Gasteiger partial charge in [0.15, 0.2) is 21.6 Å². The molecule has 3 aliphatic rings. The number of likely N-dealkylation sites (tertiary alicyclic amines) is 1. The largest absolute Gasteiger partial charge is 0.339 e. The molecule has 2 unspecified atom stereocenters. The van der Waals surface area contributed by atoms with Crippen molar-refractivity contribution in [2.24, 2.45) is 22.7 Å². The van der Waals surface area contributed by atoms with Gasteiger partial charge >= 0.3 is 0 Å². The molecule has 9 heterocycles. The summed E-state index contributed by atoms with van der Waals surface area (Å²) in [7, 11) is 0. The fraction of sp³-hybridized carbons (Fsp3) is 0.538. The van der Waals surface area contributed by atoms with Crippen LogP contribution >= 0.6 is 45.7 Å². The highest BCUT2D eigenvalue weighted by molar-refractivity contribution is 7.12. The molecule has 0 bridgehead atoms. The van der Waals surface area contributed by atoms with Crippen LogP contribution in [0, 0.1) is 104 Å². The monoisotopic (exact) mass is 1570 g/mol. The third-order valence-electron chi connectivity index (χ3n) is 16.9. The number of carbonyl (C=O) groups is 3. The molecule has 19 heteroatoms. The van der Waals surface area contributed by atoms with E-state index >= 15 is 0 Å². The molecule has 10 rings (SSSR count). The first kappa shape index (κ1) is 99.3. The topological polar surface area (TPSA) is 163 Å².